The van der Waals surface area contributed by atoms with Crippen molar-refractivity contribution in [2.45, 2.75) is 92.9 Å². The molecule has 25 heavy (non-hydrogen) atoms. The van der Waals surface area contributed by atoms with E-state index < -0.39 is 0 Å². The predicted molar refractivity (Wildman–Crippen MR) is 112 cm³/mol. The van der Waals surface area contributed by atoms with Crippen LogP contribution in [0, 0.1) is 68.1 Å². The Morgan fingerprint density at radius 1 is 1.08 bits per heavy atom. The molecule has 0 aromatic heterocycles. The minimum Gasteiger partial charge on any atom is -0.358 e. The van der Waals surface area contributed by atoms with Crippen LogP contribution in [0.3, 0.4) is 0 Å². The normalized spacial score (nSPS) is 19.2. The summed E-state index contributed by atoms with van der Waals surface area (Å²) in [5, 5.41) is 0. The molecule has 0 heterocycles. The first kappa shape index (κ1) is 27.7. The van der Waals surface area contributed by atoms with Gasteiger partial charge in [0.15, 0.2) is 0 Å². The Labute approximate surface area is 184 Å². The molecule has 1 heteroatoms. The summed E-state index contributed by atoms with van der Waals surface area (Å²) in [5.41, 5.74) is 1.63. The standard InChI is InChI=1S/C23H41.CH3.U/c1-7-9-11-21(10-8-2)22-15-12-20(13-16-22)14-17-23(18(3)4)19(5)6;;/h12,15-16,18,20-21,23H,7-11,13-14,17H2,1-6H3;1H3;/q2*-1;+2. The summed E-state index contributed by atoms with van der Waals surface area (Å²) in [5.74, 6) is 4.77. The van der Waals surface area contributed by atoms with Crippen LogP contribution in [0.1, 0.15) is 92.9 Å². The maximum atomic E-state index is 2.56. The van der Waals surface area contributed by atoms with Gasteiger partial charge in [-0.3, -0.25) is 0 Å². The van der Waals surface area contributed by atoms with E-state index in [0.29, 0.717) is 0 Å². The van der Waals surface area contributed by atoms with Gasteiger partial charge < -0.3 is 13.3 Å². The molecule has 1 aliphatic carbocycles. The number of allylic oxidation sites excluding steroid dienone is 4. The molecule has 0 aromatic carbocycles. The Morgan fingerprint density at radius 2 is 1.76 bits per heavy atom. The van der Waals surface area contributed by atoms with E-state index in [-0.39, 0.29) is 38.5 Å². The molecule has 1 aliphatic rings. The predicted octanol–water partition coefficient (Wildman–Crippen LogP) is 8.21. The molecule has 0 fully saturated rings. The Kier molecular flexibility index (Phi) is 17.3. The molecule has 0 amide bonds. The van der Waals surface area contributed by atoms with Crippen LogP contribution in [0.5, 0.6) is 0 Å². The fraction of sp³-hybridized carbons (Fsp3) is 0.750. The summed E-state index contributed by atoms with van der Waals surface area (Å²) in [7, 11) is 0. The Bertz CT molecular complexity index is 356. The molecule has 3 unspecified atom stereocenters. The van der Waals surface area contributed by atoms with Crippen LogP contribution in [0.25, 0.3) is 0 Å². The molecule has 0 radical (unpaired) electrons. The average Bonchev–Trinajstić information content (AvgIpc) is 2.51. The Balaban J connectivity index is 0. The van der Waals surface area contributed by atoms with Gasteiger partial charge in [-0.15, -0.1) is 0 Å². The molecule has 0 nitrogen and oxygen atoms in total. The molecule has 0 aromatic rings. The third-order valence-corrected chi connectivity index (χ3v) is 5.63. The number of rotatable bonds is 11. The summed E-state index contributed by atoms with van der Waals surface area (Å²) in [6.45, 7) is 14.0. The minimum atomic E-state index is 0. The van der Waals surface area contributed by atoms with Gasteiger partial charge in [-0.25, -0.2) is 0 Å². The molecule has 0 aliphatic heterocycles. The van der Waals surface area contributed by atoms with Crippen molar-refractivity contribution < 1.29 is 31.1 Å². The van der Waals surface area contributed by atoms with Gasteiger partial charge in [0, 0.05) is 0 Å². The van der Waals surface area contributed by atoms with Crippen molar-refractivity contribution in [2.75, 3.05) is 0 Å². The van der Waals surface area contributed by atoms with Crippen LogP contribution in [-0.2, 0) is 0 Å². The first-order valence-electron chi connectivity index (χ1n) is 10.2. The number of hydrogen-bond donors (Lipinski definition) is 0. The van der Waals surface area contributed by atoms with E-state index in [0.717, 1.165) is 23.7 Å². The largest absolute Gasteiger partial charge is 2.00 e. The van der Waals surface area contributed by atoms with E-state index >= 15 is 0 Å². The zero-order chi connectivity index (χ0) is 17.2. The van der Waals surface area contributed by atoms with Crippen molar-refractivity contribution in [3.05, 3.63) is 37.1 Å². The molecule has 3 atom stereocenters. The summed E-state index contributed by atoms with van der Waals surface area (Å²) in [6.07, 6.45) is 18.3. The molecule has 1 rings (SSSR count). The first-order valence-corrected chi connectivity index (χ1v) is 10.2. The SMILES string of the molecule is CCCCC(CCC)C1=CCC(CCC([C-](C)C)C(C)C)C=C1.[CH3-].[U+2]. The molecule has 0 saturated carbocycles. The van der Waals surface area contributed by atoms with Gasteiger partial charge in [-0.1, -0.05) is 77.5 Å². The van der Waals surface area contributed by atoms with Gasteiger partial charge in [0.1, 0.15) is 0 Å². The van der Waals surface area contributed by atoms with E-state index in [1.165, 1.54) is 51.4 Å². The Morgan fingerprint density at radius 3 is 2.20 bits per heavy atom. The van der Waals surface area contributed by atoms with Crippen molar-refractivity contribution in [3.8, 4) is 0 Å². The van der Waals surface area contributed by atoms with E-state index in [9.17, 15) is 0 Å². The van der Waals surface area contributed by atoms with Crippen LogP contribution in [0.2, 0.25) is 0 Å². The first-order chi connectivity index (χ1) is 11.0. The second-order valence-electron chi connectivity index (χ2n) is 8.19. The topological polar surface area (TPSA) is 0 Å². The van der Waals surface area contributed by atoms with E-state index in [1.54, 1.807) is 11.5 Å². The van der Waals surface area contributed by atoms with Crippen LogP contribution >= 0.6 is 0 Å². The van der Waals surface area contributed by atoms with Crippen molar-refractivity contribution >= 4 is 0 Å². The van der Waals surface area contributed by atoms with Gasteiger partial charge in [-0.05, 0) is 43.1 Å². The summed E-state index contributed by atoms with van der Waals surface area (Å²) in [4.78, 5) is 0. The summed E-state index contributed by atoms with van der Waals surface area (Å²) in [6, 6.07) is 0. The van der Waals surface area contributed by atoms with Gasteiger partial charge in [-0.2, -0.15) is 19.8 Å². The fourth-order valence-corrected chi connectivity index (χ4v) is 4.16. The molecule has 0 saturated heterocycles. The average molecular weight is 571 g/mol. The van der Waals surface area contributed by atoms with Gasteiger partial charge in [0.2, 0.25) is 0 Å². The third-order valence-electron chi connectivity index (χ3n) is 5.63. The zero-order valence-electron chi connectivity index (χ0n) is 18.2. The van der Waals surface area contributed by atoms with Crippen molar-refractivity contribution in [1.82, 2.24) is 0 Å². The molecule has 0 N–H and O–H groups in total. The summed E-state index contributed by atoms with van der Waals surface area (Å²) >= 11 is 0. The minimum absolute atomic E-state index is 0. The molecule has 0 bridgehead atoms. The monoisotopic (exact) mass is 570 g/mol. The maximum absolute atomic E-state index is 2.56. The van der Waals surface area contributed by atoms with E-state index in [1.807, 2.05) is 0 Å². The van der Waals surface area contributed by atoms with Crippen molar-refractivity contribution in [2.24, 2.45) is 23.7 Å². The quantitative estimate of drug-likeness (QED) is 0.220. The number of unbranched alkanes of at least 4 members (excludes halogenated alkanes) is 1. The molecular weight excluding hydrogens is 526 g/mol. The van der Waals surface area contributed by atoms with E-state index in [4.69, 9.17) is 0 Å². The maximum Gasteiger partial charge on any atom is 2.00 e. The fourth-order valence-electron chi connectivity index (χ4n) is 4.16. The molecule has 144 valence electrons. The second-order valence-corrected chi connectivity index (χ2v) is 8.19. The summed E-state index contributed by atoms with van der Waals surface area (Å²) < 4.78 is 0. The van der Waals surface area contributed by atoms with Gasteiger partial charge >= 0.3 is 31.1 Å². The van der Waals surface area contributed by atoms with Crippen LogP contribution in [-0.4, -0.2) is 0 Å². The van der Waals surface area contributed by atoms with Gasteiger partial charge in [0.25, 0.3) is 0 Å². The van der Waals surface area contributed by atoms with Crippen molar-refractivity contribution in [3.63, 3.8) is 0 Å². The number of hydrogen-bond acceptors (Lipinski definition) is 0. The smallest absolute Gasteiger partial charge is 0.358 e. The van der Waals surface area contributed by atoms with Crippen LogP contribution in [0.4, 0.5) is 0 Å². The second kappa shape index (κ2) is 15.6. The van der Waals surface area contributed by atoms with E-state index in [2.05, 4.69) is 59.8 Å². The molecule has 0 spiro atoms. The zero-order valence-corrected chi connectivity index (χ0v) is 22.4. The third kappa shape index (κ3) is 10.4. The molecular formula is C24H44U. The Hall–Kier alpha value is 0.532. The van der Waals surface area contributed by atoms with Crippen molar-refractivity contribution in [1.29, 1.82) is 0 Å². The van der Waals surface area contributed by atoms with Crippen LogP contribution < -0.4 is 0 Å². The van der Waals surface area contributed by atoms with Gasteiger partial charge in [0.05, 0.1) is 0 Å². The van der Waals surface area contributed by atoms with Crippen LogP contribution in [0.15, 0.2) is 23.8 Å².